The van der Waals surface area contributed by atoms with Gasteiger partial charge in [-0.1, -0.05) is 12.5 Å². The van der Waals surface area contributed by atoms with Crippen LogP contribution in [0.15, 0.2) is 37.4 Å². The summed E-state index contributed by atoms with van der Waals surface area (Å²) in [6.07, 6.45) is 7.31. The Hall–Kier alpha value is -3.60. The zero-order valence-corrected chi connectivity index (χ0v) is 14.9. The molecule has 0 radical (unpaired) electrons. The third kappa shape index (κ3) is 3.53. The highest BCUT2D eigenvalue weighted by Crippen LogP contribution is 2.23. The molecule has 1 atom stereocenters. The fourth-order valence-corrected chi connectivity index (χ4v) is 3.15. The standard InChI is InChI=1S/C19H19N7O/c1-3-17(27)26-7-6-15(11-26)24-19-16-8-14(23-18(16)20-12-21-19)5-4-13-9-22-25(2)10-13/h3,8-10,12,15H,1,6-7,11H2,2H3,(H2,20,21,23,24). The number of aromatic nitrogens is 5. The molecule has 1 aliphatic rings. The number of fused-ring (bicyclic) bond motifs is 1. The number of H-pyrrole nitrogens is 1. The van der Waals surface area contributed by atoms with E-state index in [1.165, 1.54) is 12.4 Å². The average Bonchev–Trinajstić information content (AvgIpc) is 3.39. The van der Waals surface area contributed by atoms with Gasteiger partial charge in [-0.3, -0.25) is 9.48 Å². The predicted molar refractivity (Wildman–Crippen MR) is 102 cm³/mol. The van der Waals surface area contributed by atoms with Gasteiger partial charge in [0.05, 0.1) is 22.8 Å². The van der Waals surface area contributed by atoms with Gasteiger partial charge < -0.3 is 15.2 Å². The normalized spacial score (nSPS) is 16.2. The minimum Gasteiger partial charge on any atom is -0.365 e. The first-order chi connectivity index (χ1) is 13.1. The number of hydrogen-bond acceptors (Lipinski definition) is 5. The number of aromatic amines is 1. The molecule has 1 aliphatic heterocycles. The number of carbonyl (C=O) groups is 1. The molecule has 27 heavy (non-hydrogen) atoms. The van der Waals surface area contributed by atoms with Crippen LogP contribution < -0.4 is 5.32 Å². The van der Waals surface area contributed by atoms with E-state index in [1.807, 2.05) is 19.3 Å². The lowest BCUT2D eigenvalue weighted by Crippen LogP contribution is -2.30. The van der Waals surface area contributed by atoms with Gasteiger partial charge >= 0.3 is 0 Å². The number of hydrogen-bond donors (Lipinski definition) is 2. The maximum atomic E-state index is 11.7. The minimum absolute atomic E-state index is 0.0401. The lowest BCUT2D eigenvalue weighted by Gasteiger charge is -2.15. The topological polar surface area (TPSA) is 91.7 Å². The van der Waals surface area contributed by atoms with E-state index in [0.29, 0.717) is 13.1 Å². The Kier molecular flexibility index (Phi) is 4.34. The monoisotopic (exact) mass is 361 g/mol. The SMILES string of the molecule is C=CC(=O)N1CCC(Nc2ncnc3[nH]c(C#Cc4cnn(C)c4)cc23)C1. The van der Waals surface area contributed by atoms with Gasteiger partial charge in [-0.05, 0) is 24.5 Å². The maximum Gasteiger partial charge on any atom is 0.246 e. The highest BCUT2D eigenvalue weighted by molar-refractivity contribution is 5.89. The van der Waals surface area contributed by atoms with E-state index in [1.54, 1.807) is 15.8 Å². The molecule has 4 heterocycles. The highest BCUT2D eigenvalue weighted by Gasteiger charge is 2.25. The van der Waals surface area contributed by atoms with Crippen LogP contribution in [0.3, 0.4) is 0 Å². The smallest absolute Gasteiger partial charge is 0.246 e. The second kappa shape index (κ2) is 6.96. The Balaban J connectivity index is 1.54. The van der Waals surface area contributed by atoms with Gasteiger partial charge in [-0.2, -0.15) is 5.10 Å². The molecular formula is C19H19N7O. The molecule has 1 fully saturated rings. The van der Waals surface area contributed by atoms with Crippen molar-refractivity contribution >= 4 is 22.8 Å². The zero-order chi connectivity index (χ0) is 18.8. The molecule has 3 aromatic rings. The van der Waals surface area contributed by atoms with Crippen LogP contribution in [0.1, 0.15) is 17.7 Å². The average molecular weight is 361 g/mol. The van der Waals surface area contributed by atoms with Crippen molar-refractivity contribution in [1.29, 1.82) is 0 Å². The van der Waals surface area contributed by atoms with Crippen LogP contribution in [0.4, 0.5) is 5.82 Å². The molecule has 1 unspecified atom stereocenters. The van der Waals surface area contributed by atoms with Gasteiger partial charge in [0.15, 0.2) is 0 Å². The van der Waals surface area contributed by atoms with Crippen molar-refractivity contribution in [2.75, 3.05) is 18.4 Å². The summed E-state index contributed by atoms with van der Waals surface area (Å²) >= 11 is 0. The van der Waals surface area contributed by atoms with Crippen molar-refractivity contribution in [2.24, 2.45) is 7.05 Å². The van der Waals surface area contributed by atoms with Gasteiger partial charge in [0.25, 0.3) is 0 Å². The molecular weight excluding hydrogens is 342 g/mol. The third-order valence-corrected chi connectivity index (χ3v) is 4.49. The maximum absolute atomic E-state index is 11.7. The van der Waals surface area contributed by atoms with E-state index in [-0.39, 0.29) is 11.9 Å². The van der Waals surface area contributed by atoms with Crippen molar-refractivity contribution in [3.63, 3.8) is 0 Å². The molecule has 1 amide bonds. The molecule has 8 nitrogen and oxygen atoms in total. The van der Waals surface area contributed by atoms with Crippen LogP contribution in [-0.4, -0.2) is 54.7 Å². The van der Waals surface area contributed by atoms with E-state index in [9.17, 15) is 4.79 Å². The molecule has 2 N–H and O–H groups in total. The van der Waals surface area contributed by atoms with Gasteiger partial charge in [-0.25, -0.2) is 9.97 Å². The number of carbonyl (C=O) groups excluding carboxylic acids is 1. The van der Waals surface area contributed by atoms with Crippen LogP contribution in [0.5, 0.6) is 0 Å². The van der Waals surface area contributed by atoms with Crippen molar-refractivity contribution in [3.8, 4) is 11.8 Å². The Morgan fingerprint density at radius 1 is 1.44 bits per heavy atom. The van der Waals surface area contributed by atoms with Crippen LogP contribution in [0.25, 0.3) is 11.0 Å². The number of rotatable bonds is 3. The summed E-state index contributed by atoms with van der Waals surface area (Å²) in [5.41, 5.74) is 2.32. The molecule has 136 valence electrons. The number of amides is 1. The summed E-state index contributed by atoms with van der Waals surface area (Å²) in [4.78, 5) is 25.4. The number of likely N-dealkylation sites (tertiary alicyclic amines) is 1. The molecule has 1 saturated heterocycles. The first-order valence-corrected chi connectivity index (χ1v) is 8.64. The summed E-state index contributed by atoms with van der Waals surface area (Å²) in [5, 5.41) is 8.40. The van der Waals surface area contributed by atoms with E-state index in [4.69, 9.17) is 0 Å². The van der Waals surface area contributed by atoms with Crippen LogP contribution in [0, 0.1) is 11.8 Å². The number of nitrogens with zero attached hydrogens (tertiary/aromatic N) is 5. The molecule has 0 bridgehead atoms. The molecule has 8 heteroatoms. The molecule has 0 aliphatic carbocycles. The molecule has 0 saturated carbocycles. The molecule has 4 rings (SSSR count). The summed E-state index contributed by atoms with van der Waals surface area (Å²) in [6.45, 7) is 4.89. The fraction of sp³-hybridized carbons (Fsp3) is 0.263. The molecule has 0 aromatic carbocycles. The van der Waals surface area contributed by atoms with E-state index < -0.39 is 0 Å². The summed E-state index contributed by atoms with van der Waals surface area (Å²) in [7, 11) is 1.86. The lowest BCUT2D eigenvalue weighted by molar-refractivity contribution is -0.125. The Labute approximate surface area is 156 Å². The quantitative estimate of drug-likeness (QED) is 0.542. The predicted octanol–water partition coefficient (Wildman–Crippen LogP) is 1.29. The van der Waals surface area contributed by atoms with Crippen LogP contribution in [-0.2, 0) is 11.8 Å². The van der Waals surface area contributed by atoms with Crippen molar-refractivity contribution < 1.29 is 4.79 Å². The lowest BCUT2D eigenvalue weighted by atomic mass is 10.2. The number of anilines is 1. The van der Waals surface area contributed by atoms with Gasteiger partial charge in [0.1, 0.15) is 17.8 Å². The third-order valence-electron chi connectivity index (χ3n) is 4.49. The van der Waals surface area contributed by atoms with Crippen molar-refractivity contribution in [3.05, 3.63) is 48.7 Å². The summed E-state index contributed by atoms with van der Waals surface area (Å²) < 4.78 is 1.71. The Morgan fingerprint density at radius 3 is 3.11 bits per heavy atom. The van der Waals surface area contributed by atoms with Gasteiger partial charge in [0, 0.05) is 32.4 Å². The fourth-order valence-electron chi connectivity index (χ4n) is 3.15. The Morgan fingerprint density at radius 2 is 2.33 bits per heavy atom. The molecule has 3 aromatic heterocycles. The first kappa shape index (κ1) is 16.8. The van der Waals surface area contributed by atoms with Crippen LogP contribution >= 0.6 is 0 Å². The van der Waals surface area contributed by atoms with Crippen molar-refractivity contribution in [2.45, 2.75) is 12.5 Å². The summed E-state index contributed by atoms with van der Waals surface area (Å²) in [5.74, 6) is 6.87. The second-order valence-electron chi connectivity index (χ2n) is 6.44. The van der Waals surface area contributed by atoms with Crippen molar-refractivity contribution in [1.82, 2.24) is 29.6 Å². The van der Waals surface area contributed by atoms with E-state index in [2.05, 4.69) is 43.8 Å². The largest absolute Gasteiger partial charge is 0.365 e. The Bertz CT molecular complexity index is 1070. The highest BCUT2D eigenvalue weighted by atomic mass is 16.2. The van der Waals surface area contributed by atoms with E-state index >= 15 is 0 Å². The van der Waals surface area contributed by atoms with Crippen LogP contribution in [0.2, 0.25) is 0 Å². The second-order valence-corrected chi connectivity index (χ2v) is 6.44. The summed E-state index contributed by atoms with van der Waals surface area (Å²) in [6, 6.07) is 2.08. The number of aryl methyl sites for hydroxylation is 1. The van der Waals surface area contributed by atoms with Gasteiger partial charge in [0.2, 0.25) is 5.91 Å². The number of nitrogens with one attached hydrogen (secondary N) is 2. The first-order valence-electron chi connectivity index (χ1n) is 8.64. The minimum atomic E-state index is -0.0401. The zero-order valence-electron chi connectivity index (χ0n) is 14.9. The molecule has 0 spiro atoms. The van der Waals surface area contributed by atoms with E-state index in [0.717, 1.165) is 34.5 Å². The van der Waals surface area contributed by atoms with Gasteiger partial charge in [-0.15, -0.1) is 0 Å².